The van der Waals surface area contributed by atoms with Gasteiger partial charge in [0.1, 0.15) is 0 Å². The Kier molecular flexibility index (Phi) is 5.15. The lowest BCUT2D eigenvalue weighted by atomic mass is 10.0. The van der Waals surface area contributed by atoms with Crippen LogP contribution in [0.3, 0.4) is 0 Å². The third-order valence-corrected chi connectivity index (χ3v) is 4.18. The Morgan fingerprint density at radius 1 is 1.30 bits per heavy atom. The van der Waals surface area contributed by atoms with Gasteiger partial charge in [0.25, 0.3) is 0 Å². The molecule has 4 nitrogen and oxygen atoms in total. The molecule has 1 amide bonds. The predicted octanol–water partition coefficient (Wildman–Crippen LogP) is 1.34. The maximum Gasteiger partial charge on any atom is 0.231 e. The van der Waals surface area contributed by atoms with E-state index in [1.807, 2.05) is 0 Å². The molecule has 0 bridgehead atoms. The van der Waals surface area contributed by atoms with Crippen LogP contribution in [0.1, 0.15) is 29.5 Å². The zero-order valence-corrected chi connectivity index (χ0v) is 12.5. The van der Waals surface area contributed by atoms with Crippen molar-refractivity contribution < 1.29 is 4.79 Å². The van der Waals surface area contributed by atoms with Crippen LogP contribution in [0.4, 0.5) is 0 Å². The van der Waals surface area contributed by atoms with Crippen molar-refractivity contribution in [3.05, 3.63) is 34.9 Å². The second-order valence-corrected chi connectivity index (χ2v) is 5.77. The number of aryl methyl sites for hydroxylation is 2. The number of benzene rings is 1. The van der Waals surface area contributed by atoms with Crippen LogP contribution in [0, 0.1) is 13.8 Å². The van der Waals surface area contributed by atoms with Gasteiger partial charge in [0.2, 0.25) is 5.91 Å². The highest BCUT2D eigenvalue weighted by molar-refractivity contribution is 5.75. The standard InChI is InChI=1S/C16H25N3O/c1-12-4-3-5-13(2)15(12)10-18-14-6-8-19(9-7-14)11-16(17)20/h3-5,14,18H,6-11H2,1-2H3,(H2,17,20). The van der Waals surface area contributed by atoms with E-state index in [2.05, 4.69) is 42.3 Å². The van der Waals surface area contributed by atoms with Crippen molar-refractivity contribution in [3.63, 3.8) is 0 Å². The normalized spacial score (nSPS) is 17.3. The van der Waals surface area contributed by atoms with Crippen molar-refractivity contribution in [2.45, 2.75) is 39.3 Å². The Labute approximate surface area is 121 Å². The van der Waals surface area contributed by atoms with Crippen molar-refractivity contribution in [2.75, 3.05) is 19.6 Å². The molecule has 1 aromatic carbocycles. The Morgan fingerprint density at radius 3 is 2.45 bits per heavy atom. The molecule has 3 N–H and O–H groups in total. The lowest BCUT2D eigenvalue weighted by molar-refractivity contribution is -0.119. The van der Waals surface area contributed by atoms with Crippen molar-refractivity contribution in [2.24, 2.45) is 5.73 Å². The number of carbonyl (C=O) groups excluding carboxylic acids is 1. The van der Waals surface area contributed by atoms with Gasteiger partial charge in [0.05, 0.1) is 6.54 Å². The maximum atomic E-state index is 10.9. The van der Waals surface area contributed by atoms with Gasteiger partial charge in [-0.15, -0.1) is 0 Å². The molecule has 1 aliphatic heterocycles. The quantitative estimate of drug-likeness (QED) is 0.852. The van der Waals surface area contributed by atoms with E-state index < -0.39 is 0 Å². The summed E-state index contributed by atoms with van der Waals surface area (Å²) in [6.07, 6.45) is 2.16. The summed E-state index contributed by atoms with van der Waals surface area (Å²) in [5.41, 5.74) is 9.34. The van der Waals surface area contributed by atoms with E-state index in [0.29, 0.717) is 12.6 Å². The third kappa shape index (κ3) is 4.05. The van der Waals surface area contributed by atoms with E-state index >= 15 is 0 Å². The Hall–Kier alpha value is -1.39. The topological polar surface area (TPSA) is 58.4 Å². The Morgan fingerprint density at radius 2 is 1.90 bits per heavy atom. The van der Waals surface area contributed by atoms with Gasteiger partial charge in [-0.1, -0.05) is 18.2 Å². The van der Waals surface area contributed by atoms with Crippen LogP contribution in [0.5, 0.6) is 0 Å². The minimum absolute atomic E-state index is 0.230. The number of nitrogens with zero attached hydrogens (tertiary/aromatic N) is 1. The summed E-state index contributed by atoms with van der Waals surface area (Å²) in [6.45, 7) is 7.56. The van der Waals surface area contributed by atoms with E-state index in [9.17, 15) is 4.79 Å². The van der Waals surface area contributed by atoms with Gasteiger partial charge < -0.3 is 11.1 Å². The number of nitrogens with two attached hydrogens (primary N) is 1. The molecule has 1 saturated heterocycles. The summed E-state index contributed by atoms with van der Waals surface area (Å²) in [7, 11) is 0. The molecule has 0 atom stereocenters. The van der Waals surface area contributed by atoms with Gasteiger partial charge in [-0.05, 0) is 43.4 Å². The van der Waals surface area contributed by atoms with Crippen LogP contribution >= 0.6 is 0 Å². The molecule has 0 aliphatic carbocycles. The molecule has 0 unspecified atom stereocenters. The summed E-state index contributed by atoms with van der Waals surface area (Å²) >= 11 is 0. The van der Waals surface area contributed by atoms with Gasteiger partial charge in [-0.3, -0.25) is 9.69 Å². The molecule has 1 fully saturated rings. The molecular formula is C16H25N3O. The number of rotatable bonds is 5. The van der Waals surface area contributed by atoms with Gasteiger partial charge in [0, 0.05) is 25.7 Å². The number of hydrogen-bond acceptors (Lipinski definition) is 3. The minimum Gasteiger partial charge on any atom is -0.369 e. The van der Waals surface area contributed by atoms with Gasteiger partial charge in [-0.25, -0.2) is 0 Å². The van der Waals surface area contributed by atoms with Crippen molar-refractivity contribution >= 4 is 5.91 Å². The maximum absolute atomic E-state index is 10.9. The lowest BCUT2D eigenvalue weighted by Gasteiger charge is -2.31. The molecule has 4 heteroatoms. The van der Waals surface area contributed by atoms with E-state index in [-0.39, 0.29) is 5.91 Å². The predicted molar refractivity (Wildman–Crippen MR) is 81.4 cm³/mol. The van der Waals surface area contributed by atoms with Crippen LogP contribution in [-0.2, 0) is 11.3 Å². The van der Waals surface area contributed by atoms with E-state index in [1.165, 1.54) is 16.7 Å². The molecule has 0 saturated carbocycles. The molecule has 1 heterocycles. The number of amides is 1. The summed E-state index contributed by atoms with van der Waals surface area (Å²) in [6, 6.07) is 6.98. The smallest absolute Gasteiger partial charge is 0.231 e. The molecule has 1 aromatic rings. The van der Waals surface area contributed by atoms with Crippen molar-refractivity contribution in [3.8, 4) is 0 Å². The minimum atomic E-state index is -0.230. The third-order valence-electron chi connectivity index (χ3n) is 4.18. The number of nitrogens with one attached hydrogen (secondary N) is 1. The first-order chi connectivity index (χ1) is 9.56. The first-order valence-electron chi connectivity index (χ1n) is 7.35. The molecule has 0 radical (unpaired) electrons. The highest BCUT2D eigenvalue weighted by atomic mass is 16.1. The number of primary amides is 1. The molecule has 1 aliphatic rings. The monoisotopic (exact) mass is 275 g/mol. The van der Waals surface area contributed by atoms with Gasteiger partial charge in [0.15, 0.2) is 0 Å². The van der Waals surface area contributed by atoms with Crippen molar-refractivity contribution in [1.82, 2.24) is 10.2 Å². The van der Waals surface area contributed by atoms with E-state index in [0.717, 1.165) is 32.5 Å². The number of piperidine rings is 1. The highest BCUT2D eigenvalue weighted by Gasteiger charge is 2.19. The molecule has 0 spiro atoms. The van der Waals surface area contributed by atoms with Crippen LogP contribution in [0.25, 0.3) is 0 Å². The van der Waals surface area contributed by atoms with Crippen molar-refractivity contribution in [1.29, 1.82) is 0 Å². The zero-order chi connectivity index (χ0) is 14.5. The molecular weight excluding hydrogens is 250 g/mol. The average molecular weight is 275 g/mol. The Bertz CT molecular complexity index is 445. The first-order valence-corrected chi connectivity index (χ1v) is 7.35. The van der Waals surface area contributed by atoms with Crippen LogP contribution in [0.2, 0.25) is 0 Å². The SMILES string of the molecule is Cc1cccc(C)c1CNC1CCN(CC(N)=O)CC1. The molecule has 110 valence electrons. The fourth-order valence-corrected chi connectivity index (χ4v) is 2.89. The number of likely N-dealkylation sites (tertiary alicyclic amines) is 1. The second-order valence-electron chi connectivity index (χ2n) is 5.77. The highest BCUT2D eigenvalue weighted by Crippen LogP contribution is 2.15. The van der Waals surface area contributed by atoms with E-state index in [4.69, 9.17) is 5.73 Å². The Balaban J connectivity index is 1.80. The summed E-state index contributed by atoms with van der Waals surface area (Å²) in [4.78, 5) is 13.0. The summed E-state index contributed by atoms with van der Waals surface area (Å²) in [5.74, 6) is -0.230. The van der Waals surface area contributed by atoms with Gasteiger partial charge >= 0.3 is 0 Å². The largest absolute Gasteiger partial charge is 0.369 e. The van der Waals surface area contributed by atoms with Crippen LogP contribution in [0.15, 0.2) is 18.2 Å². The fourth-order valence-electron chi connectivity index (χ4n) is 2.89. The average Bonchev–Trinajstić information content (AvgIpc) is 2.39. The van der Waals surface area contributed by atoms with Crippen LogP contribution in [-0.4, -0.2) is 36.5 Å². The van der Waals surface area contributed by atoms with E-state index in [1.54, 1.807) is 0 Å². The first kappa shape index (κ1) is 15.0. The molecule has 20 heavy (non-hydrogen) atoms. The zero-order valence-electron chi connectivity index (χ0n) is 12.5. The van der Waals surface area contributed by atoms with Crippen LogP contribution < -0.4 is 11.1 Å². The number of carbonyl (C=O) groups is 1. The molecule has 0 aromatic heterocycles. The summed E-state index contributed by atoms with van der Waals surface area (Å²) in [5, 5.41) is 3.65. The second kappa shape index (κ2) is 6.86. The van der Waals surface area contributed by atoms with Gasteiger partial charge in [-0.2, -0.15) is 0 Å². The lowest BCUT2D eigenvalue weighted by Crippen LogP contribution is -2.45. The fraction of sp³-hybridized carbons (Fsp3) is 0.562. The summed E-state index contributed by atoms with van der Waals surface area (Å²) < 4.78 is 0. The number of hydrogen-bond donors (Lipinski definition) is 2. The molecule has 2 rings (SSSR count).